The number of hydrogen-bond acceptors (Lipinski definition) is 6. The molecular weight excluding hydrogens is 1020 g/mol. The molecule has 0 radical (unpaired) electrons. The number of esters is 3. The van der Waals surface area contributed by atoms with E-state index in [4.69, 9.17) is 14.2 Å². The van der Waals surface area contributed by atoms with Crippen LogP contribution in [0.5, 0.6) is 0 Å². The fourth-order valence-electron chi connectivity index (χ4n) is 9.93. The lowest BCUT2D eigenvalue weighted by atomic mass is 10.0. The van der Waals surface area contributed by atoms with Gasteiger partial charge in [-0.1, -0.05) is 310 Å². The van der Waals surface area contributed by atoms with Gasteiger partial charge in [0.05, 0.1) is 0 Å². The Morgan fingerprint density at radius 2 is 0.482 bits per heavy atom. The van der Waals surface area contributed by atoms with Gasteiger partial charge in [0.2, 0.25) is 0 Å². The zero-order chi connectivity index (χ0) is 59.9. The van der Waals surface area contributed by atoms with Crippen molar-refractivity contribution in [2.45, 2.75) is 348 Å². The molecule has 0 aromatic heterocycles. The van der Waals surface area contributed by atoms with Gasteiger partial charge >= 0.3 is 17.9 Å². The van der Waals surface area contributed by atoms with Gasteiger partial charge in [0.25, 0.3) is 0 Å². The van der Waals surface area contributed by atoms with Crippen LogP contribution in [0.25, 0.3) is 0 Å². The maximum absolute atomic E-state index is 12.9. The van der Waals surface area contributed by atoms with Crippen molar-refractivity contribution in [3.05, 3.63) is 109 Å². The molecule has 0 heterocycles. The molecule has 0 rings (SSSR count). The molecule has 83 heavy (non-hydrogen) atoms. The molecule has 0 aliphatic carbocycles. The Morgan fingerprint density at radius 3 is 0.771 bits per heavy atom. The highest BCUT2D eigenvalue weighted by Gasteiger charge is 2.19. The van der Waals surface area contributed by atoms with Gasteiger partial charge in [-0.2, -0.15) is 0 Å². The first-order valence-corrected chi connectivity index (χ1v) is 35.4. The number of carbonyl (C=O) groups excluding carboxylic acids is 3. The fourth-order valence-corrected chi connectivity index (χ4v) is 9.93. The van der Waals surface area contributed by atoms with Crippen LogP contribution in [0.4, 0.5) is 0 Å². The summed E-state index contributed by atoms with van der Waals surface area (Å²) in [6.45, 7) is 6.48. The molecule has 0 aliphatic rings. The summed E-state index contributed by atoms with van der Waals surface area (Å²) >= 11 is 0. The number of hydrogen-bond donors (Lipinski definition) is 0. The van der Waals surface area contributed by atoms with Crippen LogP contribution in [0.2, 0.25) is 0 Å². The fraction of sp³-hybridized carbons (Fsp3) is 0.727. The third-order valence-electron chi connectivity index (χ3n) is 15.2. The molecule has 0 amide bonds. The molecule has 0 spiro atoms. The van der Waals surface area contributed by atoms with Gasteiger partial charge in [-0.25, -0.2) is 0 Å². The van der Waals surface area contributed by atoms with Crippen molar-refractivity contribution in [1.29, 1.82) is 0 Å². The van der Waals surface area contributed by atoms with Crippen LogP contribution in [0.3, 0.4) is 0 Å². The molecule has 0 saturated carbocycles. The van der Waals surface area contributed by atoms with Gasteiger partial charge in [-0.05, 0) is 122 Å². The predicted octanol–water partition coefficient (Wildman–Crippen LogP) is 24.6. The Bertz CT molecular complexity index is 1660. The van der Waals surface area contributed by atoms with Crippen LogP contribution >= 0.6 is 0 Å². The molecule has 476 valence electrons. The predicted molar refractivity (Wildman–Crippen MR) is 362 cm³/mol. The minimum absolute atomic E-state index is 0.0853. The van der Waals surface area contributed by atoms with E-state index in [-0.39, 0.29) is 31.1 Å². The highest BCUT2D eigenvalue weighted by molar-refractivity contribution is 5.71. The highest BCUT2D eigenvalue weighted by atomic mass is 16.6. The van der Waals surface area contributed by atoms with Crippen molar-refractivity contribution in [2.75, 3.05) is 13.2 Å². The van der Waals surface area contributed by atoms with Crippen LogP contribution in [0, 0.1) is 0 Å². The van der Waals surface area contributed by atoms with Crippen molar-refractivity contribution < 1.29 is 28.6 Å². The summed E-state index contributed by atoms with van der Waals surface area (Å²) in [7, 11) is 0. The molecule has 0 saturated heterocycles. The minimum atomic E-state index is -0.791. The zero-order valence-corrected chi connectivity index (χ0v) is 54.7. The van der Waals surface area contributed by atoms with E-state index in [1.807, 2.05) is 0 Å². The van der Waals surface area contributed by atoms with E-state index in [1.54, 1.807) is 0 Å². The van der Waals surface area contributed by atoms with Crippen molar-refractivity contribution >= 4 is 17.9 Å². The van der Waals surface area contributed by atoms with E-state index < -0.39 is 6.10 Å². The summed E-state index contributed by atoms with van der Waals surface area (Å²) in [5, 5.41) is 0. The molecule has 0 bridgehead atoms. The topological polar surface area (TPSA) is 78.9 Å². The second-order valence-corrected chi connectivity index (χ2v) is 23.4. The maximum Gasteiger partial charge on any atom is 0.306 e. The second kappa shape index (κ2) is 70.6. The molecule has 0 aromatic rings. The lowest BCUT2D eigenvalue weighted by molar-refractivity contribution is -0.167. The van der Waals surface area contributed by atoms with E-state index in [0.717, 1.165) is 141 Å². The molecule has 1 unspecified atom stereocenters. The van der Waals surface area contributed by atoms with E-state index in [9.17, 15) is 14.4 Å². The van der Waals surface area contributed by atoms with Gasteiger partial charge in [-0.3, -0.25) is 14.4 Å². The third-order valence-corrected chi connectivity index (χ3v) is 15.2. The maximum atomic E-state index is 12.9. The van der Waals surface area contributed by atoms with Gasteiger partial charge in [0.15, 0.2) is 6.10 Å². The van der Waals surface area contributed by atoms with Crippen LogP contribution < -0.4 is 0 Å². The second-order valence-electron chi connectivity index (χ2n) is 23.4. The Balaban J connectivity index is 4.16. The van der Waals surface area contributed by atoms with E-state index in [1.165, 1.54) is 161 Å². The summed E-state index contributed by atoms with van der Waals surface area (Å²) < 4.78 is 16.9. The van der Waals surface area contributed by atoms with Gasteiger partial charge in [0, 0.05) is 19.3 Å². The first kappa shape index (κ1) is 79.1. The minimum Gasteiger partial charge on any atom is -0.462 e. The van der Waals surface area contributed by atoms with Crippen molar-refractivity contribution in [3.8, 4) is 0 Å². The monoisotopic (exact) mass is 1150 g/mol. The third kappa shape index (κ3) is 68.7. The van der Waals surface area contributed by atoms with E-state index >= 15 is 0 Å². The summed E-state index contributed by atoms with van der Waals surface area (Å²) in [5.74, 6) is -0.900. The standard InChI is InChI=1S/C77H132O6/c1-4-7-10-13-16-19-22-25-28-30-31-32-33-34-35-36-37-38-39-40-41-42-43-44-45-46-47-48-50-52-55-58-61-64-67-70-76(79)82-73-74(72-81-75(78)69-66-63-60-57-54-51-27-24-21-18-15-12-9-6-3)83-77(80)71-68-65-62-59-56-53-49-29-26-23-20-17-14-11-8-5-2/h7,10,15-16,18-20,23-25,27-29,31-32,34-35,49,74H,4-6,8-9,11-14,17,21-22,26,30,33,36-48,50-73H2,1-3H3/b10-7-,18-15-,19-16-,23-20-,27-24-,28-25-,32-31-,35-34-,49-29-. The number of unbranched alkanes of at least 4 members (excludes halogenated alkanes) is 35. The molecule has 6 nitrogen and oxygen atoms in total. The molecule has 0 aromatic carbocycles. The highest BCUT2D eigenvalue weighted by Crippen LogP contribution is 2.17. The number of ether oxygens (including phenoxy) is 3. The molecule has 0 fully saturated rings. The number of carbonyl (C=O) groups is 3. The normalized spacial score (nSPS) is 12.8. The summed E-state index contributed by atoms with van der Waals surface area (Å²) in [6, 6.07) is 0. The van der Waals surface area contributed by atoms with Crippen molar-refractivity contribution in [1.82, 2.24) is 0 Å². The zero-order valence-electron chi connectivity index (χ0n) is 54.7. The summed E-state index contributed by atoms with van der Waals surface area (Å²) in [4.78, 5) is 38.4. The van der Waals surface area contributed by atoms with E-state index in [0.29, 0.717) is 19.3 Å². The first-order chi connectivity index (χ1) is 41.0. The van der Waals surface area contributed by atoms with Crippen LogP contribution in [0.1, 0.15) is 342 Å². The Kier molecular flexibility index (Phi) is 67.2. The van der Waals surface area contributed by atoms with Gasteiger partial charge in [0.1, 0.15) is 13.2 Å². The van der Waals surface area contributed by atoms with Crippen LogP contribution in [-0.2, 0) is 28.6 Å². The van der Waals surface area contributed by atoms with Crippen molar-refractivity contribution in [3.63, 3.8) is 0 Å². The summed E-state index contributed by atoms with van der Waals surface area (Å²) in [6.07, 6.45) is 97.0. The SMILES string of the molecule is CC/C=C\C/C=C\C/C=C\C/C=C\C/C=C\CCCCCCCCCCCCCCCCCCCCCC(=O)OCC(COC(=O)CCCCCCC/C=C\C/C=C\CCCC)OC(=O)CCCCCCC/C=C\C/C=C\CCCCCC. The molecule has 0 N–H and O–H groups in total. The Hall–Kier alpha value is -3.93. The van der Waals surface area contributed by atoms with Gasteiger partial charge < -0.3 is 14.2 Å². The summed E-state index contributed by atoms with van der Waals surface area (Å²) in [5.41, 5.74) is 0. The Morgan fingerprint density at radius 1 is 0.253 bits per heavy atom. The lowest BCUT2D eigenvalue weighted by Crippen LogP contribution is -2.30. The lowest BCUT2D eigenvalue weighted by Gasteiger charge is -2.18. The number of rotatable bonds is 64. The van der Waals surface area contributed by atoms with E-state index in [2.05, 4.69) is 130 Å². The number of allylic oxidation sites excluding steroid dienone is 18. The van der Waals surface area contributed by atoms with Gasteiger partial charge in [-0.15, -0.1) is 0 Å². The molecule has 6 heteroatoms. The van der Waals surface area contributed by atoms with Crippen molar-refractivity contribution in [2.24, 2.45) is 0 Å². The van der Waals surface area contributed by atoms with Crippen LogP contribution in [0.15, 0.2) is 109 Å². The average molecular weight is 1150 g/mol. The largest absolute Gasteiger partial charge is 0.462 e. The Labute approximate surface area is 514 Å². The van der Waals surface area contributed by atoms with Crippen LogP contribution in [-0.4, -0.2) is 37.2 Å². The molecular formula is C77H132O6. The molecule has 0 aliphatic heterocycles. The quantitative estimate of drug-likeness (QED) is 0.0261. The average Bonchev–Trinajstić information content (AvgIpc) is 3.49. The first-order valence-electron chi connectivity index (χ1n) is 35.4. The smallest absolute Gasteiger partial charge is 0.306 e. The molecule has 1 atom stereocenters.